The van der Waals surface area contributed by atoms with E-state index in [2.05, 4.69) is 26.1 Å². The van der Waals surface area contributed by atoms with E-state index in [1.807, 2.05) is 0 Å². The first-order valence-corrected chi connectivity index (χ1v) is 8.84. The van der Waals surface area contributed by atoms with E-state index >= 15 is 0 Å². The van der Waals surface area contributed by atoms with Crippen LogP contribution >= 0.6 is 0 Å². The zero-order valence-electron chi connectivity index (χ0n) is 13.8. The quantitative estimate of drug-likeness (QED) is 0.817. The fraction of sp³-hybridized carbons (Fsp3) is 0.944. The van der Waals surface area contributed by atoms with Crippen LogP contribution in [-0.2, 0) is 4.79 Å². The molecule has 0 unspecified atom stereocenters. The maximum atomic E-state index is 12.9. The van der Waals surface area contributed by atoms with Gasteiger partial charge in [0.1, 0.15) is 0 Å². The molecule has 3 nitrogen and oxygen atoms in total. The smallest absolute Gasteiger partial charge is 0.226 e. The molecule has 0 aromatic heterocycles. The fourth-order valence-corrected chi connectivity index (χ4v) is 5.51. The van der Waals surface area contributed by atoms with Crippen molar-refractivity contribution >= 4 is 5.91 Å². The average Bonchev–Trinajstić information content (AvgIpc) is 2.33. The van der Waals surface area contributed by atoms with Gasteiger partial charge in [-0.3, -0.25) is 4.79 Å². The van der Waals surface area contributed by atoms with Gasteiger partial charge in [0.05, 0.1) is 11.0 Å². The van der Waals surface area contributed by atoms with Crippen LogP contribution in [-0.4, -0.2) is 22.7 Å². The van der Waals surface area contributed by atoms with Gasteiger partial charge >= 0.3 is 0 Å². The lowest BCUT2D eigenvalue weighted by Crippen LogP contribution is -2.61. The number of aliphatic hydroxyl groups is 1. The van der Waals surface area contributed by atoms with E-state index in [1.54, 1.807) is 0 Å². The van der Waals surface area contributed by atoms with Crippen LogP contribution in [0.2, 0.25) is 0 Å². The van der Waals surface area contributed by atoms with Crippen LogP contribution in [0.15, 0.2) is 0 Å². The maximum absolute atomic E-state index is 12.9. The molecule has 120 valence electrons. The summed E-state index contributed by atoms with van der Waals surface area (Å²) in [6.07, 6.45) is 8.03. The molecule has 2 N–H and O–H groups in total. The van der Waals surface area contributed by atoms with Gasteiger partial charge < -0.3 is 10.4 Å². The molecule has 0 aromatic rings. The predicted molar refractivity (Wildman–Crippen MR) is 83.7 cm³/mol. The molecule has 0 aliphatic heterocycles. The van der Waals surface area contributed by atoms with Gasteiger partial charge in [-0.25, -0.2) is 0 Å². The Balaban J connectivity index is 1.64. The molecule has 0 aromatic carbocycles. The Morgan fingerprint density at radius 2 is 1.76 bits per heavy atom. The molecule has 4 bridgehead atoms. The third-order valence-electron chi connectivity index (χ3n) is 6.07. The van der Waals surface area contributed by atoms with Gasteiger partial charge in [0.2, 0.25) is 5.91 Å². The largest absolute Gasteiger partial charge is 0.390 e. The van der Waals surface area contributed by atoms with Crippen LogP contribution in [0.4, 0.5) is 0 Å². The van der Waals surface area contributed by atoms with Crippen LogP contribution in [0.3, 0.4) is 0 Å². The Hall–Kier alpha value is -0.570. The summed E-state index contributed by atoms with van der Waals surface area (Å²) in [6.45, 7) is 6.57. The Morgan fingerprint density at radius 1 is 1.14 bits per heavy atom. The summed E-state index contributed by atoms with van der Waals surface area (Å²) in [7, 11) is 0. The Morgan fingerprint density at radius 3 is 2.29 bits per heavy atom. The number of rotatable bonds is 5. The van der Waals surface area contributed by atoms with Crippen molar-refractivity contribution in [2.75, 3.05) is 0 Å². The first kappa shape index (κ1) is 15.3. The van der Waals surface area contributed by atoms with Crippen molar-refractivity contribution in [2.45, 2.75) is 83.8 Å². The first-order valence-electron chi connectivity index (χ1n) is 8.84. The van der Waals surface area contributed by atoms with Crippen LogP contribution < -0.4 is 5.32 Å². The summed E-state index contributed by atoms with van der Waals surface area (Å²) >= 11 is 0. The second kappa shape index (κ2) is 5.26. The van der Waals surface area contributed by atoms with Crippen molar-refractivity contribution in [1.29, 1.82) is 0 Å². The van der Waals surface area contributed by atoms with Gasteiger partial charge in [-0.15, -0.1) is 0 Å². The van der Waals surface area contributed by atoms with Crippen LogP contribution in [0.1, 0.15) is 72.1 Å². The summed E-state index contributed by atoms with van der Waals surface area (Å²) in [6, 6.07) is 0.252. The molecular weight excluding hydrogens is 262 g/mol. The second-order valence-electron chi connectivity index (χ2n) is 8.81. The minimum atomic E-state index is -0.539. The highest BCUT2D eigenvalue weighted by Crippen LogP contribution is 2.61. The van der Waals surface area contributed by atoms with Crippen LogP contribution in [0.25, 0.3) is 0 Å². The molecule has 0 saturated heterocycles. The fourth-order valence-electron chi connectivity index (χ4n) is 5.51. The highest BCUT2D eigenvalue weighted by Gasteiger charge is 2.60. The van der Waals surface area contributed by atoms with Gasteiger partial charge in [0.25, 0.3) is 0 Å². The number of nitrogens with one attached hydrogen (secondary N) is 1. The molecule has 4 aliphatic carbocycles. The number of hydrogen-bond acceptors (Lipinski definition) is 2. The van der Waals surface area contributed by atoms with Gasteiger partial charge in [0, 0.05) is 6.04 Å². The van der Waals surface area contributed by atoms with Gasteiger partial charge in [0.15, 0.2) is 0 Å². The summed E-state index contributed by atoms with van der Waals surface area (Å²) in [4.78, 5) is 12.9. The number of hydrogen-bond donors (Lipinski definition) is 2. The zero-order chi connectivity index (χ0) is 15.3. The van der Waals surface area contributed by atoms with E-state index in [9.17, 15) is 9.90 Å². The summed E-state index contributed by atoms with van der Waals surface area (Å²) in [5.41, 5.74) is -0.798. The molecule has 4 aliphatic rings. The molecule has 3 atom stereocenters. The molecule has 4 fully saturated rings. The highest BCUT2D eigenvalue weighted by atomic mass is 16.3. The molecule has 0 spiro atoms. The molecule has 0 heterocycles. The number of amides is 1. The maximum Gasteiger partial charge on any atom is 0.226 e. The van der Waals surface area contributed by atoms with Crippen LogP contribution in [0.5, 0.6) is 0 Å². The molecule has 4 saturated carbocycles. The number of carbonyl (C=O) groups excluding carboxylic acids is 1. The third-order valence-corrected chi connectivity index (χ3v) is 6.07. The predicted octanol–water partition coefficient (Wildman–Crippen LogP) is 3.26. The molecule has 4 rings (SSSR count). The van der Waals surface area contributed by atoms with E-state index in [1.165, 1.54) is 6.42 Å². The Bertz CT molecular complexity index is 403. The van der Waals surface area contributed by atoms with Crippen molar-refractivity contribution in [3.8, 4) is 0 Å². The standard InChI is InChI=1S/C18H31NO2/c1-12(2)4-5-13(3)19-16(20)17-7-14-6-15(8-17)10-18(21,9-14)11-17/h12-15,21H,4-11H2,1-3H3,(H,19,20)/t13-,14-,15-,17?,18?/m0/s1. The summed E-state index contributed by atoms with van der Waals surface area (Å²) < 4.78 is 0. The third kappa shape index (κ3) is 2.99. The topological polar surface area (TPSA) is 49.3 Å². The lowest BCUT2D eigenvalue weighted by atomic mass is 9.47. The first-order chi connectivity index (χ1) is 9.80. The van der Waals surface area contributed by atoms with Gasteiger partial charge in [-0.1, -0.05) is 13.8 Å². The van der Waals surface area contributed by atoms with Gasteiger partial charge in [-0.05, 0) is 76.0 Å². The van der Waals surface area contributed by atoms with Crippen molar-refractivity contribution in [3.63, 3.8) is 0 Å². The van der Waals surface area contributed by atoms with Crippen molar-refractivity contribution in [3.05, 3.63) is 0 Å². The molecule has 21 heavy (non-hydrogen) atoms. The van der Waals surface area contributed by atoms with E-state index in [0.29, 0.717) is 24.2 Å². The van der Waals surface area contributed by atoms with E-state index in [0.717, 1.165) is 38.5 Å². The molecular formula is C18H31NO2. The normalized spacial score (nSPS) is 42.3. The second-order valence-corrected chi connectivity index (χ2v) is 8.81. The van der Waals surface area contributed by atoms with Crippen molar-refractivity contribution in [2.24, 2.45) is 23.2 Å². The molecule has 0 radical (unpaired) electrons. The Kier molecular flexibility index (Phi) is 3.84. The minimum absolute atomic E-state index is 0.228. The van der Waals surface area contributed by atoms with Crippen LogP contribution in [0, 0.1) is 23.2 Å². The lowest BCUT2D eigenvalue weighted by Gasteiger charge is -2.59. The lowest BCUT2D eigenvalue weighted by molar-refractivity contribution is -0.178. The van der Waals surface area contributed by atoms with Crippen molar-refractivity contribution < 1.29 is 9.90 Å². The number of carbonyl (C=O) groups is 1. The van der Waals surface area contributed by atoms with E-state index in [-0.39, 0.29) is 17.4 Å². The monoisotopic (exact) mass is 293 g/mol. The van der Waals surface area contributed by atoms with E-state index < -0.39 is 5.60 Å². The average molecular weight is 293 g/mol. The highest BCUT2D eigenvalue weighted by molar-refractivity contribution is 5.83. The SMILES string of the molecule is CC(C)CC[C@H](C)NC(=O)C12C[C@@H]3C[C@H](CC(O)(C3)C1)C2. The molecule has 3 heteroatoms. The summed E-state index contributed by atoms with van der Waals surface area (Å²) in [5, 5.41) is 14.0. The summed E-state index contributed by atoms with van der Waals surface area (Å²) in [5.74, 6) is 2.07. The van der Waals surface area contributed by atoms with Crippen molar-refractivity contribution in [1.82, 2.24) is 5.32 Å². The zero-order valence-corrected chi connectivity index (χ0v) is 13.8. The Labute approximate surface area is 128 Å². The van der Waals surface area contributed by atoms with E-state index in [4.69, 9.17) is 0 Å². The minimum Gasteiger partial charge on any atom is -0.390 e. The molecule has 1 amide bonds. The van der Waals surface area contributed by atoms with Gasteiger partial charge in [-0.2, -0.15) is 0 Å².